The fraction of sp³-hybridized carbons (Fsp3) is 0.733. The van der Waals surface area contributed by atoms with E-state index in [-0.39, 0.29) is 0 Å². The Balaban J connectivity index is 1.98. The van der Waals surface area contributed by atoms with Gasteiger partial charge in [0.15, 0.2) is 0 Å². The van der Waals surface area contributed by atoms with Gasteiger partial charge in [0, 0.05) is 18.7 Å². The molecule has 0 aromatic carbocycles. The number of nitrogens with zero attached hydrogens (tertiary/aromatic N) is 2. The summed E-state index contributed by atoms with van der Waals surface area (Å²) in [4.78, 5) is 8.50. The second-order valence-corrected chi connectivity index (χ2v) is 5.75. The number of nitrogens with one attached hydrogen (secondary N) is 2. The minimum atomic E-state index is 0.324. The van der Waals surface area contributed by atoms with Gasteiger partial charge in [0.2, 0.25) is 5.95 Å². The van der Waals surface area contributed by atoms with Gasteiger partial charge in [-0.3, -0.25) is 0 Å². The average Bonchev–Trinajstić information content (AvgIpc) is 2.45. The maximum Gasteiger partial charge on any atom is 0.223 e. The van der Waals surface area contributed by atoms with Crippen LogP contribution in [0.25, 0.3) is 0 Å². The number of nitrogen functional groups attached to an aromatic ring is 1. The lowest BCUT2D eigenvalue weighted by Gasteiger charge is -2.28. The van der Waals surface area contributed by atoms with E-state index in [9.17, 15) is 0 Å². The Labute approximate surface area is 121 Å². The molecule has 1 atom stereocenters. The molecule has 0 bridgehead atoms. The summed E-state index contributed by atoms with van der Waals surface area (Å²) in [6, 6.07) is 2.38. The van der Waals surface area contributed by atoms with E-state index in [4.69, 9.17) is 5.73 Å². The standard InChI is InChI=1S/C15H27N5/c1-3-9-17-13-10-14(20-15(16)19-13)18-11(2)12-7-5-4-6-8-12/h10-12H,3-9H2,1-2H3,(H4,16,17,18,19,20). The normalized spacial score (nSPS) is 17.7. The summed E-state index contributed by atoms with van der Waals surface area (Å²) in [5, 5.41) is 6.76. The summed E-state index contributed by atoms with van der Waals surface area (Å²) in [6.45, 7) is 5.27. The van der Waals surface area contributed by atoms with Crippen LogP contribution in [0.2, 0.25) is 0 Å². The summed E-state index contributed by atoms with van der Waals surface area (Å²) < 4.78 is 0. The molecule has 5 nitrogen and oxygen atoms in total. The molecule has 1 aromatic rings. The lowest BCUT2D eigenvalue weighted by Crippen LogP contribution is -2.28. The average molecular weight is 277 g/mol. The van der Waals surface area contributed by atoms with Crippen LogP contribution < -0.4 is 16.4 Å². The lowest BCUT2D eigenvalue weighted by atomic mass is 9.84. The first-order chi connectivity index (χ1) is 9.69. The second-order valence-electron chi connectivity index (χ2n) is 5.75. The van der Waals surface area contributed by atoms with Crippen LogP contribution in [0.4, 0.5) is 17.6 Å². The Morgan fingerprint density at radius 1 is 1.25 bits per heavy atom. The van der Waals surface area contributed by atoms with E-state index in [1.807, 2.05) is 6.07 Å². The highest BCUT2D eigenvalue weighted by molar-refractivity contribution is 5.51. The van der Waals surface area contributed by atoms with Crippen molar-refractivity contribution in [2.24, 2.45) is 5.92 Å². The maximum absolute atomic E-state index is 5.78. The minimum absolute atomic E-state index is 0.324. The van der Waals surface area contributed by atoms with Crippen molar-refractivity contribution in [1.82, 2.24) is 9.97 Å². The first-order valence-electron chi connectivity index (χ1n) is 7.84. The Kier molecular flexibility index (Phi) is 5.44. The Bertz CT molecular complexity index is 415. The highest BCUT2D eigenvalue weighted by Gasteiger charge is 2.20. The van der Waals surface area contributed by atoms with E-state index in [2.05, 4.69) is 34.4 Å². The largest absolute Gasteiger partial charge is 0.370 e. The third-order valence-electron chi connectivity index (χ3n) is 4.03. The molecule has 5 heteroatoms. The third kappa shape index (κ3) is 4.25. The number of aromatic nitrogens is 2. The number of hydrogen-bond donors (Lipinski definition) is 3. The van der Waals surface area contributed by atoms with E-state index in [1.54, 1.807) is 0 Å². The maximum atomic E-state index is 5.78. The predicted molar refractivity (Wildman–Crippen MR) is 84.9 cm³/mol. The molecule has 1 heterocycles. The summed E-state index contributed by atoms with van der Waals surface area (Å²) in [5.74, 6) is 2.70. The van der Waals surface area contributed by atoms with E-state index in [0.29, 0.717) is 12.0 Å². The highest BCUT2D eigenvalue weighted by Crippen LogP contribution is 2.28. The van der Waals surface area contributed by atoms with Crippen molar-refractivity contribution >= 4 is 17.6 Å². The van der Waals surface area contributed by atoms with Crippen molar-refractivity contribution < 1.29 is 0 Å². The molecule has 1 saturated carbocycles. The van der Waals surface area contributed by atoms with Gasteiger partial charge < -0.3 is 16.4 Å². The molecule has 1 unspecified atom stereocenters. The fourth-order valence-corrected chi connectivity index (χ4v) is 2.87. The van der Waals surface area contributed by atoms with E-state index in [1.165, 1.54) is 32.1 Å². The first-order valence-corrected chi connectivity index (χ1v) is 7.84. The Morgan fingerprint density at radius 2 is 1.95 bits per heavy atom. The fourth-order valence-electron chi connectivity index (χ4n) is 2.87. The molecule has 2 rings (SSSR count). The van der Waals surface area contributed by atoms with Crippen LogP contribution in [0.5, 0.6) is 0 Å². The zero-order valence-corrected chi connectivity index (χ0v) is 12.7. The van der Waals surface area contributed by atoms with Gasteiger partial charge in [-0.15, -0.1) is 0 Å². The van der Waals surface area contributed by atoms with Crippen LogP contribution in [0.15, 0.2) is 6.07 Å². The molecule has 1 aliphatic carbocycles. The second kappa shape index (κ2) is 7.31. The molecule has 1 fully saturated rings. The SMILES string of the molecule is CCCNc1cc(NC(C)C2CCCCC2)nc(N)n1. The van der Waals surface area contributed by atoms with Crippen molar-refractivity contribution in [3.63, 3.8) is 0 Å². The molecule has 20 heavy (non-hydrogen) atoms. The van der Waals surface area contributed by atoms with Crippen LogP contribution in [-0.4, -0.2) is 22.6 Å². The smallest absolute Gasteiger partial charge is 0.223 e. The van der Waals surface area contributed by atoms with E-state index >= 15 is 0 Å². The molecular weight excluding hydrogens is 250 g/mol. The number of hydrogen-bond acceptors (Lipinski definition) is 5. The van der Waals surface area contributed by atoms with Gasteiger partial charge in [0.25, 0.3) is 0 Å². The van der Waals surface area contributed by atoms with Gasteiger partial charge in [0.1, 0.15) is 11.6 Å². The molecule has 0 saturated heterocycles. The quantitative estimate of drug-likeness (QED) is 0.744. The Hall–Kier alpha value is -1.52. The van der Waals surface area contributed by atoms with Crippen LogP contribution in [0.1, 0.15) is 52.4 Å². The molecule has 1 aliphatic rings. The van der Waals surface area contributed by atoms with Crippen molar-refractivity contribution in [2.75, 3.05) is 22.9 Å². The van der Waals surface area contributed by atoms with Gasteiger partial charge >= 0.3 is 0 Å². The van der Waals surface area contributed by atoms with Crippen molar-refractivity contribution in [2.45, 2.75) is 58.4 Å². The van der Waals surface area contributed by atoms with E-state index in [0.717, 1.165) is 30.5 Å². The van der Waals surface area contributed by atoms with E-state index < -0.39 is 0 Å². The molecule has 0 radical (unpaired) electrons. The summed E-state index contributed by atoms with van der Waals surface area (Å²) in [5.41, 5.74) is 5.78. The Morgan fingerprint density at radius 3 is 2.65 bits per heavy atom. The topological polar surface area (TPSA) is 75.9 Å². The number of nitrogens with two attached hydrogens (primary N) is 1. The van der Waals surface area contributed by atoms with Crippen LogP contribution >= 0.6 is 0 Å². The molecular formula is C15H27N5. The van der Waals surface area contributed by atoms with Crippen molar-refractivity contribution in [1.29, 1.82) is 0 Å². The van der Waals surface area contributed by atoms with Gasteiger partial charge in [-0.05, 0) is 32.1 Å². The monoisotopic (exact) mass is 277 g/mol. The van der Waals surface area contributed by atoms with Gasteiger partial charge in [-0.2, -0.15) is 9.97 Å². The molecule has 0 amide bonds. The molecule has 0 aliphatic heterocycles. The summed E-state index contributed by atoms with van der Waals surface area (Å²) >= 11 is 0. The zero-order chi connectivity index (χ0) is 14.4. The molecule has 112 valence electrons. The summed E-state index contributed by atoms with van der Waals surface area (Å²) in [6.07, 6.45) is 7.78. The number of anilines is 3. The zero-order valence-electron chi connectivity index (χ0n) is 12.7. The first kappa shape index (κ1) is 14.9. The predicted octanol–water partition coefficient (Wildman–Crippen LogP) is 3.26. The van der Waals surface area contributed by atoms with Crippen LogP contribution in [-0.2, 0) is 0 Å². The molecule has 0 spiro atoms. The highest BCUT2D eigenvalue weighted by atomic mass is 15.1. The van der Waals surface area contributed by atoms with Crippen molar-refractivity contribution in [3.8, 4) is 0 Å². The minimum Gasteiger partial charge on any atom is -0.370 e. The molecule has 4 N–H and O–H groups in total. The third-order valence-corrected chi connectivity index (χ3v) is 4.03. The number of rotatable bonds is 6. The van der Waals surface area contributed by atoms with Gasteiger partial charge in [-0.1, -0.05) is 26.2 Å². The van der Waals surface area contributed by atoms with Gasteiger partial charge in [-0.25, -0.2) is 0 Å². The van der Waals surface area contributed by atoms with Crippen LogP contribution in [0, 0.1) is 5.92 Å². The van der Waals surface area contributed by atoms with Crippen LogP contribution in [0.3, 0.4) is 0 Å². The lowest BCUT2D eigenvalue weighted by molar-refractivity contribution is 0.328. The molecule has 1 aromatic heterocycles. The van der Waals surface area contributed by atoms with Gasteiger partial charge in [0.05, 0.1) is 0 Å². The van der Waals surface area contributed by atoms with Crippen molar-refractivity contribution in [3.05, 3.63) is 6.07 Å². The summed E-state index contributed by atoms with van der Waals surface area (Å²) in [7, 11) is 0.